The minimum Gasteiger partial charge on any atom is -0.462 e. The predicted octanol–water partition coefficient (Wildman–Crippen LogP) is 10.3. The highest BCUT2D eigenvalue weighted by Crippen LogP contribution is 2.60. The molecule has 2 heterocycles. The smallest absolute Gasteiger partial charge is 0.462 e. The molecular weight excluding hydrogens is 1030 g/mol. The molecule has 0 radical (unpaired) electrons. The summed E-state index contributed by atoms with van der Waals surface area (Å²) in [7, 11) is -11.0. The van der Waals surface area contributed by atoms with Gasteiger partial charge < -0.3 is 45.1 Å². The van der Waals surface area contributed by atoms with E-state index in [0.29, 0.717) is 19.3 Å². The molecule has 0 saturated carbocycles. The van der Waals surface area contributed by atoms with E-state index in [1.165, 1.54) is 31.4 Å². The first kappa shape index (κ1) is 68.0. The zero-order valence-electron chi connectivity index (χ0n) is 44.6. The molecular formula is C56H83N3O16P2. The summed E-state index contributed by atoms with van der Waals surface area (Å²) in [6.07, 6.45) is 48.7. The fourth-order valence-corrected chi connectivity index (χ4v) is 8.87. The van der Waals surface area contributed by atoms with E-state index in [2.05, 4.69) is 102 Å². The first-order chi connectivity index (χ1) is 37.1. The Balaban J connectivity index is 1.89. The lowest BCUT2D eigenvalue weighted by molar-refractivity contribution is -0.161. The van der Waals surface area contributed by atoms with Gasteiger partial charge in [-0.2, -0.15) is 9.29 Å². The van der Waals surface area contributed by atoms with Crippen molar-refractivity contribution in [1.82, 2.24) is 9.55 Å². The Morgan fingerprint density at radius 2 is 1.23 bits per heavy atom. The summed E-state index contributed by atoms with van der Waals surface area (Å²) in [5.41, 5.74) is 4.56. The zero-order chi connectivity index (χ0) is 56.4. The topological polar surface area (TPSA) is 286 Å². The van der Waals surface area contributed by atoms with Gasteiger partial charge in [0, 0.05) is 19.0 Å². The first-order valence-electron chi connectivity index (χ1n) is 26.3. The number of hydrogen-bond donors (Lipinski definition) is 6. The molecule has 8 atom stereocenters. The van der Waals surface area contributed by atoms with Crippen molar-refractivity contribution in [2.75, 3.05) is 25.6 Å². The standard InChI is InChI=1S/C56H83N3O16P2/c1-3-5-7-9-11-13-15-17-19-21-22-23-25-27-29-31-33-35-37-39-51(61)70-44-48(73-52(62)41-40-47(60)38-36-34-32-30-28-26-24-20-18-16-14-12-10-8-6-4-2)45-71-76(66,67)75-77(68,69)72-46-49-53(63)54(64)55(74-49)59-43-42-50(57)58-56(59)65/h6,8,11-14,17-20,22-23,26-29,32-36,38,42-43,47-49,53-55,60,63-64H,3-5,7,9-10,15-16,21,24-25,30-31,37,39-41,44-46H2,1-2H3,(H,66,67)(H,68,69)(H2,57,58,65)/b8-6-,13-11-,14-12-,19-17-,20-18-,23-22-,28-26-,29-27-,34-32-,35-33-,38-36-/t47?,48-,49-,53-,54-,55-/m1/s1. The molecule has 0 spiro atoms. The van der Waals surface area contributed by atoms with Gasteiger partial charge in [0.25, 0.3) is 0 Å². The van der Waals surface area contributed by atoms with Crippen LogP contribution in [0, 0.1) is 0 Å². The average Bonchev–Trinajstić information content (AvgIpc) is 3.67. The fourth-order valence-electron chi connectivity index (χ4n) is 6.76. The number of ether oxygens (including phenoxy) is 3. The third-order valence-corrected chi connectivity index (χ3v) is 13.5. The number of aliphatic hydroxyl groups is 3. The van der Waals surface area contributed by atoms with Crippen LogP contribution in [0.4, 0.5) is 5.82 Å². The Hall–Kier alpha value is -5.14. The molecule has 3 unspecified atom stereocenters. The number of nitrogen functional groups attached to an aromatic ring is 1. The molecule has 1 fully saturated rings. The monoisotopic (exact) mass is 1120 g/mol. The van der Waals surface area contributed by atoms with Crippen LogP contribution >= 0.6 is 15.6 Å². The average molecular weight is 1120 g/mol. The van der Waals surface area contributed by atoms with Gasteiger partial charge in [-0.3, -0.25) is 23.2 Å². The maximum Gasteiger partial charge on any atom is 0.481 e. The van der Waals surface area contributed by atoms with E-state index >= 15 is 0 Å². The van der Waals surface area contributed by atoms with Gasteiger partial charge in [-0.1, -0.05) is 160 Å². The van der Waals surface area contributed by atoms with Crippen molar-refractivity contribution >= 4 is 33.4 Å². The summed E-state index contributed by atoms with van der Waals surface area (Å²) in [5.74, 6) is -1.71. The summed E-state index contributed by atoms with van der Waals surface area (Å²) < 4.78 is 56.5. The van der Waals surface area contributed by atoms with Gasteiger partial charge in [0.15, 0.2) is 12.3 Å². The van der Waals surface area contributed by atoms with E-state index in [9.17, 15) is 48.6 Å². The number of esters is 2. The number of carbonyl (C=O) groups excluding carboxylic acids is 2. The SMILES string of the molecule is CC/C=C\C/C=C\C/C=C\C/C=C\C/C=C\C=C/C(O)CCC(=O)O[C@H](COC(=O)CC/C=C\C/C=C\C/C=C\C/C=C\C/C=C\CCCCC)COP(=O)(O)OP(=O)(O)OC[C@H]1O[C@@H](n2ccc(N)nc2=O)[C@H](O)[C@@H]1O. The summed E-state index contributed by atoms with van der Waals surface area (Å²) in [5, 5.41) is 31.4. The lowest BCUT2D eigenvalue weighted by Crippen LogP contribution is -2.36. The van der Waals surface area contributed by atoms with Crippen molar-refractivity contribution in [3.05, 3.63) is 156 Å². The van der Waals surface area contributed by atoms with Crippen molar-refractivity contribution in [2.24, 2.45) is 0 Å². The second-order valence-electron chi connectivity index (χ2n) is 17.5. The van der Waals surface area contributed by atoms with E-state index < -0.39 is 89.8 Å². The number of nitrogens with zero attached hydrogens (tertiary/aromatic N) is 2. The Morgan fingerprint density at radius 1 is 0.701 bits per heavy atom. The maximum absolute atomic E-state index is 12.9. The minimum atomic E-state index is -5.51. The Bertz CT molecular complexity index is 2340. The van der Waals surface area contributed by atoms with Gasteiger partial charge in [0.1, 0.15) is 30.7 Å². The van der Waals surface area contributed by atoms with Crippen LogP contribution in [0.2, 0.25) is 0 Å². The quantitative estimate of drug-likeness (QED) is 0.0117. The van der Waals surface area contributed by atoms with E-state index in [1.54, 1.807) is 18.2 Å². The molecule has 2 rings (SSSR count). The third-order valence-electron chi connectivity index (χ3n) is 10.9. The number of aliphatic hydroxyl groups excluding tert-OH is 3. The zero-order valence-corrected chi connectivity index (χ0v) is 46.3. The molecule has 1 aliphatic heterocycles. The van der Waals surface area contributed by atoms with Gasteiger partial charge in [0.05, 0.1) is 19.3 Å². The number of nitrogens with two attached hydrogens (primary N) is 1. The number of phosphoric acid groups is 2. The Kier molecular flexibility index (Phi) is 37.0. The summed E-state index contributed by atoms with van der Waals surface area (Å²) in [4.78, 5) is 62.0. The van der Waals surface area contributed by atoms with Gasteiger partial charge in [-0.15, -0.1) is 0 Å². The first-order valence-corrected chi connectivity index (χ1v) is 29.3. The molecule has 0 bridgehead atoms. The molecule has 1 saturated heterocycles. The van der Waals surface area contributed by atoms with Gasteiger partial charge in [0.2, 0.25) is 0 Å². The number of unbranched alkanes of at least 4 members (excludes halogenated alkanes) is 3. The van der Waals surface area contributed by atoms with Crippen molar-refractivity contribution < 1.29 is 71.4 Å². The van der Waals surface area contributed by atoms with Gasteiger partial charge in [-0.05, 0) is 89.5 Å². The van der Waals surface area contributed by atoms with Crippen LogP contribution in [0.25, 0.3) is 0 Å². The normalized spacial score (nSPS) is 20.1. The van der Waals surface area contributed by atoms with Crippen LogP contribution in [0.1, 0.15) is 129 Å². The van der Waals surface area contributed by atoms with Gasteiger partial charge >= 0.3 is 33.3 Å². The van der Waals surface area contributed by atoms with Crippen LogP contribution in [0.15, 0.2) is 151 Å². The van der Waals surface area contributed by atoms with Crippen molar-refractivity contribution in [1.29, 1.82) is 0 Å². The predicted molar refractivity (Wildman–Crippen MR) is 299 cm³/mol. The number of allylic oxidation sites excluding steroid dienone is 21. The number of rotatable bonds is 41. The highest BCUT2D eigenvalue weighted by molar-refractivity contribution is 7.61. The number of hydrogen-bond acceptors (Lipinski definition) is 16. The largest absolute Gasteiger partial charge is 0.481 e. The molecule has 0 aliphatic carbocycles. The molecule has 1 aliphatic rings. The summed E-state index contributed by atoms with van der Waals surface area (Å²) in [6.45, 7) is 1.69. The van der Waals surface area contributed by atoms with E-state index in [0.717, 1.165) is 62.1 Å². The van der Waals surface area contributed by atoms with Crippen LogP contribution < -0.4 is 11.4 Å². The Labute approximate surface area is 454 Å². The molecule has 19 nitrogen and oxygen atoms in total. The summed E-state index contributed by atoms with van der Waals surface area (Å²) >= 11 is 0. The molecule has 1 aromatic heterocycles. The van der Waals surface area contributed by atoms with E-state index in [1.807, 2.05) is 30.4 Å². The van der Waals surface area contributed by atoms with Crippen molar-refractivity contribution in [2.45, 2.75) is 160 Å². The van der Waals surface area contributed by atoms with Gasteiger partial charge in [-0.25, -0.2) is 13.9 Å². The van der Waals surface area contributed by atoms with Crippen molar-refractivity contribution in [3.8, 4) is 0 Å². The molecule has 1 aromatic rings. The summed E-state index contributed by atoms with van der Waals surface area (Å²) in [6, 6.07) is 1.23. The lowest BCUT2D eigenvalue weighted by atomic mass is 10.1. The number of phosphoric ester groups is 2. The molecule has 77 heavy (non-hydrogen) atoms. The second-order valence-corrected chi connectivity index (χ2v) is 20.5. The minimum absolute atomic E-state index is 0.0551. The van der Waals surface area contributed by atoms with E-state index in [4.69, 9.17) is 29.0 Å². The fraction of sp³-hybridized carbons (Fsp3) is 0.500. The van der Waals surface area contributed by atoms with Crippen LogP contribution in [-0.4, -0.2) is 96.9 Å². The molecule has 7 N–H and O–H groups in total. The maximum atomic E-state index is 12.9. The third kappa shape index (κ3) is 34.4. The van der Waals surface area contributed by atoms with Crippen molar-refractivity contribution in [3.63, 3.8) is 0 Å². The number of carbonyl (C=O) groups is 2. The van der Waals surface area contributed by atoms with E-state index in [-0.39, 0.29) is 25.1 Å². The highest BCUT2D eigenvalue weighted by Gasteiger charge is 2.46. The van der Waals surface area contributed by atoms with Crippen LogP contribution in [0.3, 0.4) is 0 Å². The highest BCUT2D eigenvalue weighted by atomic mass is 31.3. The van der Waals surface area contributed by atoms with Crippen LogP contribution in [-0.2, 0) is 46.3 Å². The molecule has 0 amide bonds. The number of aromatic nitrogens is 2. The number of anilines is 1. The van der Waals surface area contributed by atoms with Crippen LogP contribution in [0.5, 0.6) is 0 Å². The lowest BCUT2D eigenvalue weighted by Gasteiger charge is -2.21. The second kappa shape index (κ2) is 41.9. The molecule has 21 heteroatoms. The molecule has 0 aromatic carbocycles. The molecule has 428 valence electrons. The Morgan fingerprint density at radius 3 is 1.79 bits per heavy atom.